The van der Waals surface area contributed by atoms with Gasteiger partial charge in [0.05, 0.1) is 12.2 Å². The van der Waals surface area contributed by atoms with Crippen molar-refractivity contribution in [3.05, 3.63) is 65.6 Å². The second-order valence-electron chi connectivity index (χ2n) is 7.19. The molecule has 3 rings (SSSR count). The van der Waals surface area contributed by atoms with Crippen molar-refractivity contribution in [2.45, 2.75) is 6.42 Å². The number of hydrogen-bond acceptors (Lipinski definition) is 6. The van der Waals surface area contributed by atoms with Crippen molar-refractivity contribution < 1.29 is 34.0 Å². The van der Waals surface area contributed by atoms with Crippen molar-refractivity contribution in [2.75, 3.05) is 33.4 Å². The molecule has 0 spiro atoms. The molecule has 1 fully saturated rings. The maximum atomic E-state index is 14.7. The van der Waals surface area contributed by atoms with Gasteiger partial charge in [0.1, 0.15) is 18.1 Å². The van der Waals surface area contributed by atoms with E-state index >= 15 is 0 Å². The smallest absolute Gasteiger partial charge is 0.339 e. The van der Waals surface area contributed by atoms with Crippen LogP contribution in [0.2, 0.25) is 0 Å². The fourth-order valence-corrected chi connectivity index (χ4v) is 2.97. The van der Waals surface area contributed by atoms with Crippen LogP contribution in [0.15, 0.2) is 48.7 Å². The number of nitrogens with one attached hydrogen (secondary N) is 2. The van der Waals surface area contributed by atoms with E-state index in [2.05, 4.69) is 10.6 Å². The molecule has 0 atom stereocenters. The van der Waals surface area contributed by atoms with Crippen molar-refractivity contribution in [1.82, 2.24) is 15.5 Å². The van der Waals surface area contributed by atoms with E-state index in [1.54, 1.807) is 18.1 Å². The van der Waals surface area contributed by atoms with Crippen LogP contribution in [0.5, 0.6) is 17.2 Å². The van der Waals surface area contributed by atoms with Gasteiger partial charge in [0.2, 0.25) is 0 Å². The molecule has 9 nitrogen and oxygen atoms in total. The molecule has 2 aromatic carbocycles. The van der Waals surface area contributed by atoms with Gasteiger partial charge in [-0.05, 0) is 36.8 Å². The Morgan fingerprint density at radius 2 is 1.94 bits per heavy atom. The summed E-state index contributed by atoms with van der Waals surface area (Å²) in [6, 6.07) is 8.27. The molecule has 2 aromatic rings. The molecule has 1 aliphatic rings. The number of halogens is 1. The normalized spacial score (nSPS) is 12.8. The number of carbonyl (C=O) groups excluding carboxylic acids is 2. The van der Waals surface area contributed by atoms with Crippen LogP contribution in [0.25, 0.3) is 0 Å². The molecule has 0 aliphatic carbocycles. The molecule has 2 amide bonds. The maximum Gasteiger partial charge on any atom is 0.339 e. The number of rotatable bonds is 9. The largest absolute Gasteiger partial charge is 0.491 e. The minimum atomic E-state index is -0.719. The molecule has 0 aromatic heterocycles. The molecular formula is C23H26FN4O5+. The SMILES string of the molecule is CN/C=C\C(=[NH2+])NC(=O)c1cc(OCCO)cc(Oc2ccc(C(=O)N3CCC3)cc2F)c1. The van der Waals surface area contributed by atoms with Crippen LogP contribution >= 0.6 is 0 Å². The van der Waals surface area contributed by atoms with E-state index in [-0.39, 0.29) is 53.3 Å². The fourth-order valence-electron chi connectivity index (χ4n) is 2.97. The van der Waals surface area contributed by atoms with Crippen molar-refractivity contribution >= 4 is 17.6 Å². The highest BCUT2D eigenvalue weighted by molar-refractivity contribution is 6.08. The number of amidine groups is 1. The van der Waals surface area contributed by atoms with Gasteiger partial charge in [-0.1, -0.05) is 0 Å². The highest BCUT2D eigenvalue weighted by Gasteiger charge is 2.23. The lowest BCUT2D eigenvalue weighted by molar-refractivity contribution is -0.115. The Labute approximate surface area is 190 Å². The lowest BCUT2D eigenvalue weighted by atomic mass is 10.1. The zero-order valence-electron chi connectivity index (χ0n) is 18.1. The zero-order valence-corrected chi connectivity index (χ0v) is 18.1. The molecule has 0 radical (unpaired) electrons. The van der Waals surface area contributed by atoms with Gasteiger partial charge in [-0.2, -0.15) is 0 Å². The molecule has 1 aliphatic heterocycles. The minimum absolute atomic E-state index is 0.00858. The van der Waals surface area contributed by atoms with E-state index in [1.807, 2.05) is 0 Å². The summed E-state index contributed by atoms with van der Waals surface area (Å²) in [4.78, 5) is 26.5. The first-order chi connectivity index (χ1) is 15.9. The Morgan fingerprint density at radius 1 is 1.18 bits per heavy atom. The maximum absolute atomic E-state index is 14.7. The number of amides is 2. The first-order valence-electron chi connectivity index (χ1n) is 10.3. The van der Waals surface area contributed by atoms with Crippen LogP contribution in [0.4, 0.5) is 4.39 Å². The van der Waals surface area contributed by atoms with Gasteiger partial charge >= 0.3 is 5.91 Å². The molecular weight excluding hydrogens is 431 g/mol. The standard InChI is InChI=1S/C23H25FN4O5/c1-26-6-5-21(25)27-22(30)16-11-17(32-10-9-29)14-18(12-16)33-20-4-3-15(13-19(20)24)23(31)28-7-2-8-28/h3-6,11-14,26,29H,2,7-10H2,1H3,(H2,25,27,30)/p+1/b6-5-. The fraction of sp³-hybridized carbons (Fsp3) is 0.261. The number of nitrogens with zero attached hydrogens (tertiary/aromatic N) is 1. The molecule has 0 saturated carbocycles. The average molecular weight is 457 g/mol. The number of aliphatic hydroxyl groups excluding tert-OH is 1. The average Bonchev–Trinajstić information content (AvgIpc) is 2.76. The third-order valence-electron chi connectivity index (χ3n) is 4.74. The lowest BCUT2D eigenvalue weighted by Crippen LogP contribution is -2.49. The van der Waals surface area contributed by atoms with Crippen LogP contribution in [-0.2, 0) is 0 Å². The summed E-state index contributed by atoms with van der Waals surface area (Å²) in [5.74, 6) is -1.14. The van der Waals surface area contributed by atoms with Gasteiger partial charge < -0.3 is 24.8 Å². The van der Waals surface area contributed by atoms with E-state index in [0.717, 1.165) is 12.5 Å². The van der Waals surface area contributed by atoms with E-state index in [0.29, 0.717) is 13.1 Å². The van der Waals surface area contributed by atoms with E-state index < -0.39 is 11.7 Å². The highest BCUT2D eigenvalue weighted by Crippen LogP contribution is 2.30. The second kappa shape index (κ2) is 11.1. The summed E-state index contributed by atoms with van der Waals surface area (Å²) in [6.45, 7) is 1.09. The molecule has 5 N–H and O–H groups in total. The Hall–Kier alpha value is -3.92. The third kappa shape index (κ3) is 6.30. The topological polar surface area (TPSA) is 126 Å². The Balaban J connectivity index is 1.81. The van der Waals surface area contributed by atoms with Crippen molar-refractivity contribution in [3.63, 3.8) is 0 Å². The third-order valence-corrected chi connectivity index (χ3v) is 4.74. The Bertz CT molecular complexity index is 1070. The van der Waals surface area contributed by atoms with Crippen LogP contribution < -0.4 is 25.5 Å². The number of benzene rings is 2. The predicted octanol–water partition coefficient (Wildman–Crippen LogP) is 0.456. The number of carbonyl (C=O) groups is 2. The summed E-state index contributed by atoms with van der Waals surface area (Å²) < 4.78 is 25.7. The molecule has 0 bridgehead atoms. The molecule has 174 valence electrons. The number of nitrogens with two attached hydrogens (primary N) is 1. The van der Waals surface area contributed by atoms with Gasteiger partial charge in [0, 0.05) is 44.0 Å². The summed E-state index contributed by atoms with van der Waals surface area (Å²) in [6.07, 6.45) is 3.96. The van der Waals surface area contributed by atoms with Crippen LogP contribution in [0.1, 0.15) is 27.1 Å². The summed E-state index contributed by atoms with van der Waals surface area (Å²) in [7, 11) is 1.68. The number of aliphatic hydroxyl groups is 1. The van der Waals surface area contributed by atoms with Gasteiger partial charge in [0.15, 0.2) is 11.6 Å². The molecule has 1 saturated heterocycles. The number of likely N-dealkylation sites (tertiary alicyclic amines) is 1. The Kier molecular flexibility index (Phi) is 7.98. The van der Waals surface area contributed by atoms with Crippen molar-refractivity contribution in [1.29, 1.82) is 0 Å². The Morgan fingerprint density at radius 3 is 2.58 bits per heavy atom. The van der Waals surface area contributed by atoms with Gasteiger partial charge in [-0.15, -0.1) is 0 Å². The molecule has 1 heterocycles. The molecule has 10 heteroatoms. The first-order valence-corrected chi connectivity index (χ1v) is 10.3. The van der Waals surface area contributed by atoms with Gasteiger partial charge in [-0.25, -0.2) is 14.5 Å². The van der Waals surface area contributed by atoms with E-state index in [4.69, 9.17) is 20.0 Å². The monoisotopic (exact) mass is 457 g/mol. The van der Waals surface area contributed by atoms with Crippen molar-refractivity contribution in [2.24, 2.45) is 0 Å². The van der Waals surface area contributed by atoms with Gasteiger partial charge in [0.25, 0.3) is 11.7 Å². The second-order valence-corrected chi connectivity index (χ2v) is 7.19. The van der Waals surface area contributed by atoms with E-state index in [9.17, 15) is 14.0 Å². The summed E-state index contributed by atoms with van der Waals surface area (Å²) >= 11 is 0. The minimum Gasteiger partial charge on any atom is -0.491 e. The summed E-state index contributed by atoms with van der Waals surface area (Å²) in [5, 5.41) is 20.0. The number of hydrogen-bond donors (Lipinski definition) is 4. The molecule has 33 heavy (non-hydrogen) atoms. The first kappa shape index (κ1) is 23.7. The number of ether oxygens (including phenoxy) is 2. The highest BCUT2D eigenvalue weighted by atomic mass is 19.1. The van der Waals surface area contributed by atoms with Gasteiger partial charge in [-0.3, -0.25) is 10.2 Å². The van der Waals surface area contributed by atoms with Crippen LogP contribution in [0, 0.1) is 5.82 Å². The molecule has 0 unspecified atom stereocenters. The van der Waals surface area contributed by atoms with Crippen molar-refractivity contribution in [3.8, 4) is 17.2 Å². The lowest BCUT2D eigenvalue weighted by Gasteiger charge is -2.30. The predicted molar refractivity (Wildman–Crippen MR) is 119 cm³/mol. The van der Waals surface area contributed by atoms with Crippen LogP contribution in [0.3, 0.4) is 0 Å². The zero-order chi connectivity index (χ0) is 23.8. The summed E-state index contributed by atoms with van der Waals surface area (Å²) in [5.41, 5.74) is 0.381. The quantitative estimate of drug-likeness (QED) is 0.320. The van der Waals surface area contributed by atoms with Crippen LogP contribution in [-0.4, -0.2) is 61.0 Å². The van der Waals surface area contributed by atoms with E-state index in [1.165, 1.54) is 36.4 Å².